The molecule has 2 aromatic rings. The number of halogens is 4. The van der Waals surface area contributed by atoms with Crippen LogP contribution in [0.25, 0.3) is 0 Å². The van der Waals surface area contributed by atoms with Crippen LogP contribution in [-0.4, -0.2) is 75.2 Å². The maximum atomic E-state index is 14.3. The van der Waals surface area contributed by atoms with Crippen LogP contribution in [-0.2, 0) is 22.3 Å². The van der Waals surface area contributed by atoms with Crippen molar-refractivity contribution in [1.29, 1.82) is 0 Å². The number of pyridine rings is 1. The van der Waals surface area contributed by atoms with E-state index in [1.165, 1.54) is 16.8 Å². The van der Waals surface area contributed by atoms with Gasteiger partial charge in [-0.1, -0.05) is 13.8 Å². The molecule has 3 heterocycles. The van der Waals surface area contributed by atoms with Gasteiger partial charge in [-0.3, -0.25) is 24.3 Å². The first-order valence-electron chi connectivity index (χ1n) is 13.1. The Morgan fingerprint density at radius 2 is 1.76 bits per heavy atom. The van der Waals surface area contributed by atoms with Crippen LogP contribution in [0.5, 0.6) is 0 Å². The van der Waals surface area contributed by atoms with Gasteiger partial charge in [-0.2, -0.15) is 13.2 Å². The molecule has 0 saturated carbocycles. The van der Waals surface area contributed by atoms with Gasteiger partial charge in [0.1, 0.15) is 17.4 Å². The maximum Gasteiger partial charge on any atom is 0.416 e. The second kappa shape index (κ2) is 11.1. The Balaban J connectivity index is 1.50. The minimum atomic E-state index is -4.78. The van der Waals surface area contributed by atoms with Gasteiger partial charge in [-0.15, -0.1) is 0 Å². The second-order valence-electron chi connectivity index (χ2n) is 10.8. The molecule has 1 N–H and O–H groups in total. The van der Waals surface area contributed by atoms with Crippen LogP contribution in [0.1, 0.15) is 53.9 Å². The van der Waals surface area contributed by atoms with Gasteiger partial charge in [0, 0.05) is 38.6 Å². The molecule has 5 amide bonds. The summed E-state index contributed by atoms with van der Waals surface area (Å²) in [6.07, 6.45) is -2.86. The lowest BCUT2D eigenvalue weighted by atomic mass is 9.85. The number of likely N-dealkylation sites (N-methyl/N-ethyl adjacent to an activating group) is 1. The number of carbonyl (C=O) groups excluding carboxylic acids is 4. The molecule has 4 rings (SSSR count). The number of nitrogens with zero attached hydrogens (tertiary/aromatic N) is 4. The zero-order chi connectivity index (χ0) is 30.3. The standard InChI is InChI=1S/C28H31F4N5O4/c1-16(2)22(34-23(38)20-14-19(28(30,31)32)5-6-21(20)29)24(39)36-11-8-27(9-12-36)25(40)35(4)26(41)37(27)15-18-7-10-33-17(3)13-18/h5-7,10,13-14,16,22H,8-9,11-12,15H2,1-4H3,(H,34,38). The van der Waals surface area contributed by atoms with E-state index in [0.29, 0.717) is 18.2 Å². The third kappa shape index (κ3) is 5.75. The smallest absolute Gasteiger partial charge is 0.341 e. The lowest BCUT2D eigenvalue weighted by molar-refractivity contribution is -0.142. The average Bonchev–Trinajstić information content (AvgIpc) is 3.07. The van der Waals surface area contributed by atoms with Crippen LogP contribution in [0, 0.1) is 18.7 Å². The largest absolute Gasteiger partial charge is 0.416 e. The van der Waals surface area contributed by atoms with Gasteiger partial charge in [0.15, 0.2) is 0 Å². The van der Waals surface area contributed by atoms with E-state index in [1.807, 2.05) is 13.0 Å². The highest BCUT2D eigenvalue weighted by molar-refractivity contribution is 6.07. The highest BCUT2D eigenvalue weighted by atomic mass is 19.4. The number of imide groups is 1. The number of carbonyl (C=O) groups is 4. The molecule has 9 nitrogen and oxygen atoms in total. The molecule has 1 aromatic carbocycles. The molecule has 41 heavy (non-hydrogen) atoms. The van der Waals surface area contributed by atoms with Gasteiger partial charge in [0.2, 0.25) is 5.91 Å². The third-order valence-electron chi connectivity index (χ3n) is 7.70. The summed E-state index contributed by atoms with van der Waals surface area (Å²) in [6.45, 7) is 5.47. The molecular formula is C28H31F4N5O4. The summed E-state index contributed by atoms with van der Waals surface area (Å²) in [5, 5.41) is 2.40. The van der Waals surface area contributed by atoms with Crippen LogP contribution in [0.4, 0.5) is 22.4 Å². The maximum absolute atomic E-state index is 14.3. The van der Waals surface area contributed by atoms with Gasteiger partial charge in [-0.05, 0) is 61.6 Å². The molecule has 1 atom stereocenters. The van der Waals surface area contributed by atoms with Crippen molar-refractivity contribution in [2.75, 3.05) is 20.1 Å². The topological polar surface area (TPSA) is 103 Å². The summed E-state index contributed by atoms with van der Waals surface area (Å²) < 4.78 is 53.7. The molecule has 2 fully saturated rings. The van der Waals surface area contributed by atoms with E-state index >= 15 is 0 Å². The lowest BCUT2D eigenvalue weighted by Gasteiger charge is -2.43. The molecule has 2 aliphatic heterocycles. The monoisotopic (exact) mass is 577 g/mol. The highest BCUT2D eigenvalue weighted by Crippen LogP contribution is 2.38. The fourth-order valence-corrected chi connectivity index (χ4v) is 5.37. The molecule has 1 unspecified atom stereocenters. The quantitative estimate of drug-likeness (QED) is 0.416. The lowest BCUT2D eigenvalue weighted by Crippen LogP contribution is -2.60. The van der Waals surface area contributed by atoms with Crippen LogP contribution in [0.2, 0.25) is 0 Å². The third-order valence-corrected chi connectivity index (χ3v) is 7.70. The van der Waals surface area contributed by atoms with Crippen molar-refractivity contribution >= 4 is 23.8 Å². The minimum absolute atomic E-state index is 0.0918. The number of piperidine rings is 1. The molecular weight excluding hydrogens is 546 g/mol. The molecule has 220 valence electrons. The van der Waals surface area contributed by atoms with Crippen molar-refractivity contribution in [2.45, 2.75) is 57.9 Å². The van der Waals surface area contributed by atoms with E-state index < -0.39 is 58.5 Å². The van der Waals surface area contributed by atoms with Crippen LogP contribution < -0.4 is 5.32 Å². The predicted molar refractivity (Wildman–Crippen MR) is 139 cm³/mol. The predicted octanol–water partition coefficient (Wildman–Crippen LogP) is 3.76. The first kappa shape index (κ1) is 29.9. The fraction of sp³-hybridized carbons (Fsp3) is 0.464. The Kier molecular flexibility index (Phi) is 8.10. The normalized spacial score (nSPS) is 17.9. The number of rotatable bonds is 6. The van der Waals surface area contributed by atoms with Crippen LogP contribution in [0.3, 0.4) is 0 Å². The van der Waals surface area contributed by atoms with E-state index in [-0.39, 0.29) is 38.4 Å². The van der Waals surface area contributed by atoms with E-state index in [4.69, 9.17) is 0 Å². The number of aromatic nitrogens is 1. The minimum Gasteiger partial charge on any atom is -0.341 e. The molecule has 1 spiro atoms. The van der Waals surface area contributed by atoms with Crippen LogP contribution >= 0.6 is 0 Å². The van der Waals surface area contributed by atoms with Gasteiger partial charge < -0.3 is 15.1 Å². The SMILES string of the molecule is Cc1cc(CN2C(=O)N(C)C(=O)C23CCN(C(=O)C(NC(=O)c2cc(C(F)(F)F)ccc2F)C(C)C)CC3)ccn1. The highest BCUT2D eigenvalue weighted by Gasteiger charge is 2.57. The van der Waals surface area contributed by atoms with Crippen molar-refractivity contribution in [3.05, 3.63) is 64.7 Å². The second-order valence-corrected chi connectivity index (χ2v) is 10.8. The average molecular weight is 578 g/mol. The number of benzene rings is 1. The molecule has 0 aliphatic carbocycles. The van der Waals surface area contributed by atoms with E-state index in [9.17, 15) is 36.7 Å². The Bertz CT molecular complexity index is 1370. The molecule has 2 aliphatic rings. The number of alkyl halides is 3. The number of amides is 5. The van der Waals surface area contributed by atoms with Crippen molar-refractivity contribution < 1.29 is 36.7 Å². The summed E-state index contributed by atoms with van der Waals surface area (Å²) >= 11 is 0. The van der Waals surface area contributed by atoms with E-state index in [0.717, 1.165) is 16.2 Å². The zero-order valence-corrected chi connectivity index (χ0v) is 23.1. The Morgan fingerprint density at radius 3 is 2.34 bits per heavy atom. The van der Waals surface area contributed by atoms with Gasteiger partial charge in [-0.25, -0.2) is 9.18 Å². The summed E-state index contributed by atoms with van der Waals surface area (Å²) in [5.41, 5.74) is -1.61. The van der Waals surface area contributed by atoms with Gasteiger partial charge >= 0.3 is 12.2 Å². The van der Waals surface area contributed by atoms with Crippen molar-refractivity contribution in [1.82, 2.24) is 25.0 Å². The van der Waals surface area contributed by atoms with E-state index in [1.54, 1.807) is 26.1 Å². The molecule has 0 radical (unpaired) electrons. The Hall–Kier alpha value is -4.03. The van der Waals surface area contributed by atoms with Crippen LogP contribution in [0.15, 0.2) is 36.5 Å². The molecule has 13 heteroatoms. The number of aryl methyl sites for hydroxylation is 1. The number of hydrogen-bond acceptors (Lipinski definition) is 5. The summed E-state index contributed by atoms with van der Waals surface area (Å²) in [4.78, 5) is 60.9. The summed E-state index contributed by atoms with van der Waals surface area (Å²) in [6, 6.07) is 3.49. The van der Waals surface area contributed by atoms with Crippen molar-refractivity contribution in [2.24, 2.45) is 5.92 Å². The Labute approximate surface area is 234 Å². The number of likely N-dealkylation sites (tertiary alicyclic amines) is 1. The van der Waals surface area contributed by atoms with Crippen molar-refractivity contribution in [3.8, 4) is 0 Å². The van der Waals surface area contributed by atoms with Gasteiger partial charge in [0.25, 0.3) is 11.8 Å². The van der Waals surface area contributed by atoms with Gasteiger partial charge in [0.05, 0.1) is 11.1 Å². The Morgan fingerprint density at radius 1 is 1.10 bits per heavy atom. The first-order valence-corrected chi connectivity index (χ1v) is 13.1. The molecule has 2 saturated heterocycles. The van der Waals surface area contributed by atoms with Crippen molar-refractivity contribution in [3.63, 3.8) is 0 Å². The number of nitrogens with one attached hydrogen (secondary N) is 1. The number of hydrogen-bond donors (Lipinski definition) is 1. The summed E-state index contributed by atoms with van der Waals surface area (Å²) in [7, 11) is 1.42. The van der Waals surface area contributed by atoms with E-state index in [2.05, 4.69) is 10.3 Å². The number of urea groups is 1. The molecule has 0 bridgehead atoms. The zero-order valence-electron chi connectivity index (χ0n) is 23.1. The first-order chi connectivity index (χ1) is 19.2. The molecule has 1 aromatic heterocycles. The summed E-state index contributed by atoms with van der Waals surface area (Å²) in [5.74, 6) is -3.66. The fourth-order valence-electron chi connectivity index (χ4n) is 5.37.